The Bertz CT molecular complexity index is 589. The summed E-state index contributed by atoms with van der Waals surface area (Å²) in [4.78, 5) is 0. The van der Waals surface area contributed by atoms with Gasteiger partial charge in [0.25, 0.3) is 0 Å². The van der Waals surface area contributed by atoms with Gasteiger partial charge in [-0.2, -0.15) is 0 Å². The molecular formula is C22H28F2. The molecule has 1 fully saturated rings. The fraction of sp³-hybridized carbons (Fsp3) is 0.545. The lowest BCUT2D eigenvalue weighted by Gasteiger charge is -2.28. The van der Waals surface area contributed by atoms with Crippen molar-refractivity contribution in [3.63, 3.8) is 0 Å². The highest BCUT2D eigenvalue weighted by atomic mass is 19.2. The molecule has 2 aliphatic rings. The number of allylic oxidation sites excluding steroid dienone is 4. The molecule has 0 heterocycles. The lowest BCUT2D eigenvalue weighted by atomic mass is 9.78. The standard InChI is InChI=1S/C22H28F2/c1-2-3-16-4-6-17(7-5-16)8-9-18-10-12-19(13-11-18)20-14-21(23)22(24)15-20/h10-17,21H,2-9H2,1H3. The monoisotopic (exact) mass is 330 g/mol. The van der Waals surface area contributed by atoms with Crippen LogP contribution in [-0.4, -0.2) is 6.17 Å². The van der Waals surface area contributed by atoms with Gasteiger partial charge in [0.05, 0.1) is 0 Å². The average Bonchev–Trinajstić information content (AvgIpc) is 2.94. The van der Waals surface area contributed by atoms with Crippen LogP contribution < -0.4 is 0 Å². The Morgan fingerprint density at radius 3 is 2.12 bits per heavy atom. The van der Waals surface area contributed by atoms with Crippen LogP contribution in [0.3, 0.4) is 0 Å². The molecule has 0 spiro atoms. The fourth-order valence-electron chi connectivity index (χ4n) is 4.14. The normalized spacial score (nSPS) is 27.0. The largest absolute Gasteiger partial charge is 0.235 e. The van der Waals surface area contributed by atoms with Gasteiger partial charge in [-0.25, -0.2) is 8.78 Å². The van der Waals surface area contributed by atoms with Crippen LogP contribution in [0, 0.1) is 11.8 Å². The Hall–Kier alpha value is -1.44. The molecule has 0 aromatic heterocycles. The van der Waals surface area contributed by atoms with Gasteiger partial charge in [0, 0.05) is 0 Å². The van der Waals surface area contributed by atoms with E-state index < -0.39 is 12.0 Å². The molecule has 1 atom stereocenters. The summed E-state index contributed by atoms with van der Waals surface area (Å²) in [5.41, 5.74) is 2.88. The third kappa shape index (κ3) is 4.34. The van der Waals surface area contributed by atoms with Crippen molar-refractivity contribution in [3.8, 4) is 0 Å². The highest BCUT2D eigenvalue weighted by Crippen LogP contribution is 2.34. The molecule has 0 amide bonds. The molecule has 2 heteroatoms. The van der Waals surface area contributed by atoms with Crippen LogP contribution in [-0.2, 0) is 6.42 Å². The summed E-state index contributed by atoms with van der Waals surface area (Å²) in [6, 6.07) is 8.19. The summed E-state index contributed by atoms with van der Waals surface area (Å²) in [5, 5.41) is 0. The summed E-state index contributed by atoms with van der Waals surface area (Å²) in [6.07, 6.45) is 11.8. The SMILES string of the molecule is CCCC1CCC(CCc2ccc(C3=CC(F)C(F)=C3)cc2)CC1. The van der Waals surface area contributed by atoms with Crippen LogP contribution in [0.25, 0.3) is 5.57 Å². The number of aryl methyl sites for hydroxylation is 1. The minimum absolute atomic E-state index is 0.654. The molecular weight excluding hydrogens is 302 g/mol. The molecule has 0 nitrogen and oxygen atoms in total. The lowest BCUT2D eigenvalue weighted by molar-refractivity contribution is 0.252. The summed E-state index contributed by atoms with van der Waals surface area (Å²) < 4.78 is 26.4. The molecule has 1 unspecified atom stereocenters. The van der Waals surface area contributed by atoms with Crippen LogP contribution in [0.5, 0.6) is 0 Å². The van der Waals surface area contributed by atoms with Crippen LogP contribution in [0.15, 0.2) is 42.2 Å². The highest BCUT2D eigenvalue weighted by Gasteiger charge is 2.21. The van der Waals surface area contributed by atoms with Gasteiger partial charge >= 0.3 is 0 Å². The van der Waals surface area contributed by atoms with Gasteiger partial charge < -0.3 is 0 Å². The van der Waals surface area contributed by atoms with Crippen LogP contribution >= 0.6 is 0 Å². The van der Waals surface area contributed by atoms with Crippen molar-refractivity contribution in [2.24, 2.45) is 11.8 Å². The zero-order chi connectivity index (χ0) is 16.9. The molecule has 0 saturated heterocycles. The van der Waals surface area contributed by atoms with E-state index in [2.05, 4.69) is 19.1 Å². The number of rotatable bonds is 6. The Morgan fingerprint density at radius 2 is 1.58 bits per heavy atom. The smallest absolute Gasteiger partial charge is 0.170 e. The van der Waals surface area contributed by atoms with E-state index in [0.717, 1.165) is 23.8 Å². The fourth-order valence-corrected chi connectivity index (χ4v) is 4.14. The summed E-state index contributed by atoms with van der Waals surface area (Å²) >= 11 is 0. The molecule has 0 radical (unpaired) electrons. The first-order valence-corrected chi connectivity index (χ1v) is 9.48. The average molecular weight is 330 g/mol. The van der Waals surface area contributed by atoms with Gasteiger partial charge in [0.2, 0.25) is 0 Å². The Kier molecular flexibility index (Phi) is 5.86. The Morgan fingerprint density at radius 1 is 0.958 bits per heavy atom. The van der Waals surface area contributed by atoms with Crippen LogP contribution in [0.1, 0.15) is 63.0 Å². The van der Waals surface area contributed by atoms with E-state index >= 15 is 0 Å². The second kappa shape index (κ2) is 8.09. The van der Waals surface area contributed by atoms with E-state index in [1.54, 1.807) is 0 Å². The molecule has 130 valence electrons. The molecule has 3 rings (SSSR count). The second-order valence-corrected chi connectivity index (χ2v) is 7.46. The van der Waals surface area contributed by atoms with Crippen molar-refractivity contribution in [2.45, 2.75) is 64.5 Å². The molecule has 0 bridgehead atoms. The highest BCUT2D eigenvalue weighted by molar-refractivity contribution is 5.78. The van der Waals surface area contributed by atoms with Gasteiger partial charge in [-0.15, -0.1) is 0 Å². The van der Waals surface area contributed by atoms with E-state index in [4.69, 9.17) is 0 Å². The Balaban J connectivity index is 1.48. The number of hydrogen-bond donors (Lipinski definition) is 0. The molecule has 24 heavy (non-hydrogen) atoms. The van der Waals surface area contributed by atoms with Crippen molar-refractivity contribution >= 4 is 5.57 Å². The van der Waals surface area contributed by atoms with Gasteiger partial charge in [0.15, 0.2) is 6.17 Å². The van der Waals surface area contributed by atoms with Gasteiger partial charge in [0.1, 0.15) is 5.83 Å². The number of hydrogen-bond acceptors (Lipinski definition) is 0. The van der Waals surface area contributed by atoms with Crippen molar-refractivity contribution < 1.29 is 8.78 Å². The van der Waals surface area contributed by atoms with E-state index in [1.165, 1.54) is 62.7 Å². The summed E-state index contributed by atoms with van der Waals surface area (Å²) in [5.74, 6) is 1.16. The van der Waals surface area contributed by atoms with Crippen molar-refractivity contribution in [3.05, 3.63) is 53.4 Å². The predicted octanol–water partition coefficient (Wildman–Crippen LogP) is 6.81. The van der Waals surface area contributed by atoms with Gasteiger partial charge in [-0.05, 0) is 53.5 Å². The molecule has 0 aliphatic heterocycles. The third-order valence-electron chi connectivity index (χ3n) is 5.67. The first-order valence-electron chi connectivity index (χ1n) is 9.48. The van der Waals surface area contributed by atoms with Crippen molar-refractivity contribution in [2.75, 3.05) is 0 Å². The number of benzene rings is 1. The maximum atomic E-state index is 13.2. The minimum Gasteiger partial charge on any atom is -0.235 e. The van der Waals surface area contributed by atoms with Crippen molar-refractivity contribution in [1.82, 2.24) is 0 Å². The zero-order valence-electron chi connectivity index (χ0n) is 14.6. The molecule has 1 aromatic rings. The summed E-state index contributed by atoms with van der Waals surface area (Å²) in [6.45, 7) is 2.29. The van der Waals surface area contributed by atoms with Gasteiger partial charge in [-0.3, -0.25) is 0 Å². The quantitative estimate of drug-likeness (QED) is 0.537. The number of halogens is 2. The summed E-state index contributed by atoms with van der Waals surface area (Å²) in [7, 11) is 0. The lowest BCUT2D eigenvalue weighted by Crippen LogP contribution is -2.15. The first-order chi connectivity index (χ1) is 11.7. The topological polar surface area (TPSA) is 0 Å². The van der Waals surface area contributed by atoms with E-state index in [1.807, 2.05) is 12.1 Å². The van der Waals surface area contributed by atoms with Gasteiger partial charge in [-0.1, -0.05) is 69.7 Å². The third-order valence-corrected chi connectivity index (χ3v) is 5.67. The predicted molar refractivity (Wildman–Crippen MR) is 97.2 cm³/mol. The van der Waals surface area contributed by atoms with Crippen LogP contribution in [0.2, 0.25) is 0 Å². The van der Waals surface area contributed by atoms with E-state index in [9.17, 15) is 8.78 Å². The Labute approximate surface area is 144 Å². The second-order valence-electron chi connectivity index (χ2n) is 7.46. The zero-order valence-corrected chi connectivity index (χ0v) is 14.6. The minimum atomic E-state index is -1.57. The van der Waals surface area contributed by atoms with Crippen molar-refractivity contribution in [1.29, 1.82) is 0 Å². The maximum absolute atomic E-state index is 13.2. The molecule has 1 saturated carbocycles. The molecule has 0 N–H and O–H groups in total. The van der Waals surface area contributed by atoms with E-state index in [-0.39, 0.29) is 0 Å². The first kappa shape index (κ1) is 17.4. The molecule has 2 aliphatic carbocycles. The van der Waals surface area contributed by atoms with E-state index in [0.29, 0.717) is 5.57 Å². The number of alkyl halides is 1. The molecule has 1 aromatic carbocycles. The van der Waals surface area contributed by atoms with Crippen LogP contribution in [0.4, 0.5) is 8.78 Å². The maximum Gasteiger partial charge on any atom is 0.170 e.